The highest BCUT2D eigenvalue weighted by molar-refractivity contribution is 6.35. The van der Waals surface area contributed by atoms with Crippen LogP contribution in [0.5, 0.6) is 0 Å². The van der Waals surface area contributed by atoms with Gasteiger partial charge in [-0.1, -0.05) is 42.5 Å². The van der Waals surface area contributed by atoms with Gasteiger partial charge in [-0.05, 0) is 6.92 Å². The van der Waals surface area contributed by atoms with Gasteiger partial charge in [-0.25, -0.2) is 19.9 Å². The van der Waals surface area contributed by atoms with Crippen LogP contribution >= 0.6 is 11.6 Å². The monoisotopic (exact) mass is 486 g/mol. The molecule has 0 spiro atoms. The number of halogens is 1. The first-order chi connectivity index (χ1) is 16.2. The van der Waals surface area contributed by atoms with E-state index in [2.05, 4.69) is 45.7 Å². The van der Waals surface area contributed by atoms with E-state index >= 15 is 0 Å². The first-order valence-electron chi connectivity index (χ1n) is 10.6. The number of hydrogen-bond donors (Lipinski definition) is 4. The molecule has 34 heavy (non-hydrogen) atoms. The molecule has 178 valence electrons. The van der Waals surface area contributed by atoms with Crippen molar-refractivity contribution in [1.29, 1.82) is 0 Å². The van der Waals surface area contributed by atoms with Gasteiger partial charge in [0.15, 0.2) is 22.7 Å². The number of rotatable bonds is 7. The normalized spacial score (nSPS) is 12.6. The number of H-pyrrole nitrogens is 2. The molecule has 5 N–H and O–H groups in total. The third-order valence-electron chi connectivity index (χ3n) is 4.93. The molecule has 4 rings (SSSR count). The van der Waals surface area contributed by atoms with Crippen LogP contribution < -0.4 is 15.6 Å². The standard InChI is InChI=1S/C21H24ClN9O3/c1-10(27-19(33)15-14(22)18(23-5-6-32)26-9-25-15)13-7-11(31-34-13)16-28-12-8-24-20(21(2,3)4)30-17(12)29-16/h7-10,32H,5-6H2,1-4H3,(H,27,33)(H,23,25,26)(H,24,28,29,30)/p+1/t10-/m1/s1. The smallest absolute Gasteiger partial charge is 0.303 e. The number of fused-ring (bicyclic) bond motifs is 1. The van der Waals surface area contributed by atoms with Crippen LogP contribution in [-0.2, 0) is 5.41 Å². The predicted octanol–water partition coefficient (Wildman–Crippen LogP) is 2.06. The second kappa shape index (κ2) is 9.31. The van der Waals surface area contributed by atoms with Gasteiger partial charge < -0.3 is 20.3 Å². The summed E-state index contributed by atoms with van der Waals surface area (Å²) in [6.07, 6.45) is 2.94. The van der Waals surface area contributed by atoms with Crippen LogP contribution in [0.15, 0.2) is 23.1 Å². The van der Waals surface area contributed by atoms with Gasteiger partial charge >= 0.3 is 5.65 Å². The molecule has 0 unspecified atom stereocenters. The van der Waals surface area contributed by atoms with Gasteiger partial charge in [0, 0.05) is 18.0 Å². The number of aliphatic hydroxyl groups excluding tert-OH is 1. The molecule has 4 aromatic heterocycles. The fourth-order valence-electron chi connectivity index (χ4n) is 3.12. The molecule has 0 bridgehead atoms. The van der Waals surface area contributed by atoms with Crippen LogP contribution in [0.3, 0.4) is 0 Å². The molecule has 0 radical (unpaired) electrons. The first-order valence-corrected chi connectivity index (χ1v) is 11.0. The lowest BCUT2D eigenvalue weighted by Crippen LogP contribution is -2.28. The number of anilines is 1. The number of carbonyl (C=O) groups is 1. The van der Waals surface area contributed by atoms with Crippen LogP contribution in [-0.4, -0.2) is 54.2 Å². The van der Waals surface area contributed by atoms with Crippen LogP contribution in [0, 0.1) is 0 Å². The number of carbonyl (C=O) groups excluding carboxylic acids is 1. The molecule has 4 heterocycles. The number of hydrogen-bond acceptors (Lipinski definition) is 9. The third-order valence-corrected chi connectivity index (χ3v) is 5.29. The first kappa shape index (κ1) is 23.5. The highest BCUT2D eigenvalue weighted by atomic mass is 35.5. The molecule has 0 aliphatic heterocycles. The summed E-state index contributed by atoms with van der Waals surface area (Å²) in [5.74, 6) is 1.50. The number of imidazole rings is 1. The van der Waals surface area contributed by atoms with E-state index in [1.807, 2.05) is 20.8 Å². The average molecular weight is 487 g/mol. The summed E-state index contributed by atoms with van der Waals surface area (Å²) in [4.78, 5) is 36.1. The van der Waals surface area contributed by atoms with E-state index in [0.29, 0.717) is 22.9 Å². The highest BCUT2D eigenvalue weighted by Gasteiger charge is 2.25. The van der Waals surface area contributed by atoms with Crippen molar-refractivity contribution in [2.45, 2.75) is 39.2 Å². The quantitative estimate of drug-likeness (QED) is 0.305. The van der Waals surface area contributed by atoms with E-state index in [9.17, 15) is 4.79 Å². The number of amides is 1. The van der Waals surface area contributed by atoms with Crippen molar-refractivity contribution in [1.82, 2.24) is 35.4 Å². The summed E-state index contributed by atoms with van der Waals surface area (Å²) in [5.41, 5.74) is 1.72. The Bertz CT molecular complexity index is 1330. The van der Waals surface area contributed by atoms with E-state index in [1.165, 1.54) is 6.33 Å². The number of aromatic amines is 2. The second-order valence-corrected chi connectivity index (χ2v) is 9.05. The summed E-state index contributed by atoms with van der Waals surface area (Å²) in [6.45, 7) is 8.01. The minimum atomic E-state index is -0.523. The van der Waals surface area contributed by atoms with E-state index < -0.39 is 11.9 Å². The van der Waals surface area contributed by atoms with E-state index in [1.54, 1.807) is 19.2 Å². The molecule has 0 saturated heterocycles. The fourth-order valence-corrected chi connectivity index (χ4v) is 3.37. The molecule has 0 aromatic carbocycles. The van der Waals surface area contributed by atoms with Crippen LogP contribution in [0.1, 0.15) is 55.8 Å². The SMILES string of the molecule is C[C@@H](NC(=O)c1ncnc(NCCO)c1Cl)c1cc(-c2[nH]c3cnc(C(C)(C)C)nc3[nH+]2)no1. The molecular formula is C21H25ClN9O3+. The minimum Gasteiger partial charge on any atom is -0.395 e. The summed E-state index contributed by atoms with van der Waals surface area (Å²) >= 11 is 6.25. The van der Waals surface area contributed by atoms with E-state index in [4.69, 9.17) is 21.2 Å². The van der Waals surface area contributed by atoms with Gasteiger partial charge in [-0.2, -0.15) is 0 Å². The summed E-state index contributed by atoms with van der Waals surface area (Å²) in [5, 5.41) is 18.7. The maximum Gasteiger partial charge on any atom is 0.303 e. The zero-order valence-electron chi connectivity index (χ0n) is 19.1. The van der Waals surface area contributed by atoms with E-state index in [-0.39, 0.29) is 35.1 Å². The Morgan fingerprint density at radius 1 is 1.32 bits per heavy atom. The molecule has 1 amide bonds. The highest BCUT2D eigenvalue weighted by Crippen LogP contribution is 2.24. The van der Waals surface area contributed by atoms with Gasteiger partial charge in [-0.3, -0.25) is 9.78 Å². The Hall–Kier alpha value is -3.64. The Balaban J connectivity index is 1.51. The largest absolute Gasteiger partial charge is 0.395 e. The second-order valence-electron chi connectivity index (χ2n) is 8.68. The van der Waals surface area contributed by atoms with Crippen LogP contribution in [0.4, 0.5) is 5.82 Å². The molecule has 12 nitrogen and oxygen atoms in total. The topological polar surface area (TPSA) is 169 Å². The van der Waals surface area contributed by atoms with Crippen molar-refractivity contribution in [2.24, 2.45) is 0 Å². The summed E-state index contributed by atoms with van der Waals surface area (Å²) < 4.78 is 5.45. The minimum absolute atomic E-state index is 0.000808. The van der Waals surface area contributed by atoms with Gasteiger partial charge in [0.05, 0.1) is 18.8 Å². The van der Waals surface area contributed by atoms with Crippen molar-refractivity contribution in [3.63, 3.8) is 0 Å². The Labute approximate surface area is 199 Å². The Kier molecular flexibility index (Phi) is 6.44. The summed E-state index contributed by atoms with van der Waals surface area (Å²) in [7, 11) is 0. The van der Waals surface area contributed by atoms with Gasteiger partial charge in [0.25, 0.3) is 11.7 Å². The van der Waals surface area contributed by atoms with Crippen molar-refractivity contribution >= 4 is 34.5 Å². The van der Waals surface area contributed by atoms with Crippen molar-refractivity contribution in [3.05, 3.63) is 40.9 Å². The number of aliphatic hydroxyl groups is 1. The molecule has 0 aliphatic carbocycles. The molecule has 1 atom stereocenters. The predicted molar refractivity (Wildman–Crippen MR) is 123 cm³/mol. The average Bonchev–Trinajstić information content (AvgIpc) is 3.44. The molecule has 0 saturated carbocycles. The number of nitrogens with one attached hydrogen (secondary N) is 4. The molecule has 13 heteroatoms. The summed E-state index contributed by atoms with van der Waals surface area (Å²) in [6, 6.07) is 1.19. The van der Waals surface area contributed by atoms with Crippen molar-refractivity contribution in [3.8, 4) is 11.5 Å². The van der Waals surface area contributed by atoms with Gasteiger partial charge in [0.2, 0.25) is 5.82 Å². The number of nitrogens with zero attached hydrogens (tertiary/aromatic N) is 5. The molecular weight excluding hydrogens is 462 g/mol. The van der Waals surface area contributed by atoms with Gasteiger partial charge in [-0.15, -0.1) is 0 Å². The van der Waals surface area contributed by atoms with Crippen molar-refractivity contribution < 1.29 is 19.4 Å². The Morgan fingerprint density at radius 2 is 2.12 bits per heavy atom. The van der Waals surface area contributed by atoms with Crippen LogP contribution in [0.25, 0.3) is 22.7 Å². The van der Waals surface area contributed by atoms with Crippen molar-refractivity contribution in [2.75, 3.05) is 18.5 Å². The maximum atomic E-state index is 12.7. The number of aromatic nitrogens is 7. The fraction of sp³-hybridized carbons (Fsp3) is 0.381. The van der Waals surface area contributed by atoms with E-state index in [0.717, 1.165) is 11.3 Å². The lowest BCUT2D eigenvalue weighted by atomic mass is 9.96. The van der Waals surface area contributed by atoms with Gasteiger partial charge in [0.1, 0.15) is 17.2 Å². The lowest BCUT2D eigenvalue weighted by Gasteiger charge is -2.12. The lowest BCUT2D eigenvalue weighted by molar-refractivity contribution is -0.334. The van der Waals surface area contributed by atoms with Crippen LogP contribution in [0.2, 0.25) is 5.02 Å². The Morgan fingerprint density at radius 3 is 2.85 bits per heavy atom. The zero-order chi connectivity index (χ0) is 24.5. The molecule has 4 aromatic rings. The maximum absolute atomic E-state index is 12.7. The molecule has 0 aliphatic rings. The third kappa shape index (κ3) is 4.82. The molecule has 0 fully saturated rings. The zero-order valence-corrected chi connectivity index (χ0v) is 19.9.